The van der Waals surface area contributed by atoms with Gasteiger partial charge in [-0.2, -0.15) is 22.0 Å². The van der Waals surface area contributed by atoms with Crippen molar-refractivity contribution in [2.45, 2.75) is 19.2 Å². The van der Waals surface area contributed by atoms with E-state index >= 15 is 0 Å². The zero-order valence-electron chi connectivity index (χ0n) is 15.3. The number of fused-ring (bicyclic) bond motifs is 1. The average molecular weight is 465 g/mol. The van der Waals surface area contributed by atoms with Crippen LogP contribution in [0.5, 0.6) is 5.75 Å². The fourth-order valence-corrected chi connectivity index (χ4v) is 3.17. The fourth-order valence-electron chi connectivity index (χ4n) is 2.80. The quantitative estimate of drug-likeness (QED) is 0.293. The molecule has 0 unspecified atom stereocenters. The molecule has 0 aromatic heterocycles. The third-order valence-electron chi connectivity index (χ3n) is 4.05. The molecule has 31 heavy (non-hydrogen) atoms. The van der Waals surface area contributed by atoms with Crippen LogP contribution in [0.15, 0.2) is 36.4 Å². The first kappa shape index (κ1) is 22.7. The van der Waals surface area contributed by atoms with Crippen molar-refractivity contribution in [3.8, 4) is 17.6 Å². The number of halogens is 9. The normalized spacial score (nSPS) is 11.9. The third kappa shape index (κ3) is 4.85. The van der Waals surface area contributed by atoms with E-state index in [1.165, 1.54) is 12.8 Å². The van der Waals surface area contributed by atoms with Crippen LogP contribution in [0.2, 0.25) is 5.02 Å². The molecule has 3 rings (SSSR count). The Morgan fingerprint density at radius 1 is 0.903 bits per heavy atom. The van der Waals surface area contributed by atoms with Crippen molar-refractivity contribution in [3.05, 3.63) is 75.6 Å². The summed E-state index contributed by atoms with van der Waals surface area (Å²) >= 11 is 5.71. The van der Waals surface area contributed by atoms with Crippen molar-refractivity contribution in [3.63, 3.8) is 0 Å². The van der Waals surface area contributed by atoms with Gasteiger partial charge in [0.15, 0.2) is 0 Å². The van der Waals surface area contributed by atoms with E-state index in [2.05, 4.69) is 4.74 Å². The Kier molecular flexibility index (Phi) is 5.80. The molecule has 0 aliphatic heterocycles. The Morgan fingerprint density at radius 2 is 1.58 bits per heavy atom. The summed E-state index contributed by atoms with van der Waals surface area (Å²) in [6.45, 7) is 1.44. The molecule has 0 aliphatic carbocycles. The lowest BCUT2D eigenvalue weighted by Crippen LogP contribution is -2.24. The van der Waals surface area contributed by atoms with E-state index in [0.717, 1.165) is 36.3 Å². The molecular weight excluding hydrogens is 456 g/mol. The maximum Gasteiger partial charge on any atom is 0.458 e. The van der Waals surface area contributed by atoms with Crippen LogP contribution in [-0.4, -0.2) is 6.18 Å². The second-order valence-electron chi connectivity index (χ2n) is 6.40. The maximum atomic E-state index is 14.5. The third-order valence-corrected chi connectivity index (χ3v) is 4.35. The standard InChI is InChI=1S/C21H9ClF8O/c1-10-6-15(22)18(17(24)7-10)21(29,30)31-12-2-3-13-11(8-12)9-16(23)14(19(13)25)4-5-20(26,27)28/h2-3,6-9H,1H3. The summed E-state index contributed by atoms with van der Waals surface area (Å²) in [6.07, 6.45) is -9.21. The zero-order chi connectivity index (χ0) is 23.1. The molecule has 10 heteroatoms. The van der Waals surface area contributed by atoms with Gasteiger partial charge in [-0.3, -0.25) is 0 Å². The Labute approximate surface area is 175 Å². The highest BCUT2D eigenvalue weighted by atomic mass is 35.5. The van der Waals surface area contributed by atoms with Gasteiger partial charge in [0, 0.05) is 11.3 Å². The topological polar surface area (TPSA) is 9.23 Å². The van der Waals surface area contributed by atoms with E-state index < -0.39 is 51.6 Å². The molecule has 0 aliphatic rings. The molecule has 0 fully saturated rings. The lowest BCUT2D eigenvalue weighted by molar-refractivity contribution is -0.187. The number of hydrogen-bond donors (Lipinski definition) is 0. The van der Waals surface area contributed by atoms with Gasteiger partial charge in [0.1, 0.15) is 28.8 Å². The Hall–Kier alpha value is -2.99. The van der Waals surface area contributed by atoms with Gasteiger partial charge in [0.05, 0.1) is 10.6 Å². The van der Waals surface area contributed by atoms with Gasteiger partial charge in [-0.05, 0) is 54.3 Å². The number of aryl methyl sites for hydroxylation is 1. The summed E-state index contributed by atoms with van der Waals surface area (Å²) in [5.41, 5.74) is -2.06. The van der Waals surface area contributed by atoms with Gasteiger partial charge < -0.3 is 4.74 Å². The van der Waals surface area contributed by atoms with Crippen molar-refractivity contribution in [2.24, 2.45) is 0 Å². The molecule has 0 heterocycles. The summed E-state index contributed by atoms with van der Waals surface area (Å²) in [5, 5.41) is -1.27. The summed E-state index contributed by atoms with van der Waals surface area (Å²) < 4.78 is 113. The van der Waals surface area contributed by atoms with Crippen molar-refractivity contribution in [2.75, 3.05) is 0 Å². The van der Waals surface area contributed by atoms with Gasteiger partial charge >= 0.3 is 12.3 Å². The summed E-state index contributed by atoms with van der Waals surface area (Å²) in [5.74, 6) is -2.62. The highest BCUT2D eigenvalue weighted by molar-refractivity contribution is 6.31. The van der Waals surface area contributed by atoms with E-state index in [4.69, 9.17) is 11.6 Å². The molecule has 0 saturated heterocycles. The van der Waals surface area contributed by atoms with Crippen molar-refractivity contribution >= 4 is 22.4 Å². The SMILES string of the molecule is Cc1cc(F)c(C(F)(F)Oc2ccc3c(F)c(C#CC(F)(F)F)c(F)cc3c2)c(Cl)c1. The van der Waals surface area contributed by atoms with Crippen LogP contribution >= 0.6 is 11.6 Å². The maximum absolute atomic E-state index is 14.5. The first-order valence-electron chi connectivity index (χ1n) is 8.33. The number of hydrogen-bond acceptors (Lipinski definition) is 1. The molecule has 162 valence electrons. The highest BCUT2D eigenvalue weighted by Gasteiger charge is 2.40. The number of benzene rings is 3. The van der Waals surface area contributed by atoms with Gasteiger partial charge in [-0.1, -0.05) is 17.5 Å². The minimum absolute atomic E-state index is 0.295. The van der Waals surface area contributed by atoms with Crippen molar-refractivity contribution in [1.29, 1.82) is 0 Å². The predicted octanol–water partition coefficient (Wildman–Crippen LogP) is 7.26. The van der Waals surface area contributed by atoms with Gasteiger partial charge in [-0.15, -0.1) is 0 Å². The van der Waals surface area contributed by atoms with E-state index in [0.29, 0.717) is 11.6 Å². The zero-order valence-corrected chi connectivity index (χ0v) is 16.0. The Balaban J connectivity index is 2.03. The summed E-state index contributed by atoms with van der Waals surface area (Å²) in [7, 11) is 0. The molecule has 0 bridgehead atoms. The minimum Gasteiger partial charge on any atom is -0.429 e. The summed E-state index contributed by atoms with van der Waals surface area (Å²) in [6, 6.07) is 5.11. The molecule has 0 radical (unpaired) electrons. The number of rotatable bonds is 3. The van der Waals surface area contributed by atoms with Gasteiger partial charge in [0.2, 0.25) is 0 Å². The predicted molar refractivity (Wildman–Crippen MR) is 97.5 cm³/mol. The number of alkyl halides is 5. The second-order valence-corrected chi connectivity index (χ2v) is 6.81. The van der Waals surface area contributed by atoms with Crippen LogP contribution in [0.3, 0.4) is 0 Å². The molecule has 0 N–H and O–H groups in total. The van der Waals surface area contributed by atoms with E-state index in [9.17, 15) is 35.1 Å². The Bertz CT molecular complexity index is 1220. The molecular formula is C21H9ClF8O. The lowest BCUT2D eigenvalue weighted by Gasteiger charge is -2.20. The molecule has 3 aromatic rings. The molecule has 0 spiro atoms. The van der Waals surface area contributed by atoms with Crippen LogP contribution in [0, 0.1) is 36.2 Å². The molecule has 3 aromatic carbocycles. The molecule has 0 atom stereocenters. The fraction of sp³-hybridized carbons (Fsp3) is 0.143. The van der Waals surface area contributed by atoms with Crippen LogP contribution in [-0.2, 0) is 6.11 Å². The van der Waals surface area contributed by atoms with Crippen LogP contribution in [0.4, 0.5) is 35.1 Å². The molecule has 1 nitrogen and oxygen atoms in total. The monoisotopic (exact) mass is 464 g/mol. The first-order valence-corrected chi connectivity index (χ1v) is 8.71. The molecule has 0 saturated carbocycles. The van der Waals surface area contributed by atoms with E-state index in [1.54, 1.807) is 0 Å². The second kappa shape index (κ2) is 7.93. The first-order chi connectivity index (χ1) is 14.3. The lowest BCUT2D eigenvalue weighted by atomic mass is 10.0. The summed E-state index contributed by atoms with van der Waals surface area (Å²) in [4.78, 5) is 0. The Morgan fingerprint density at radius 3 is 2.19 bits per heavy atom. The van der Waals surface area contributed by atoms with Crippen molar-refractivity contribution < 1.29 is 39.9 Å². The van der Waals surface area contributed by atoms with Crippen LogP contribution in [0.1, 0.15) is 16.7 Å². The number of ether oxygens (including phenoxy) is 1. The average Bonchev–Trinajstić information content (AvgIpc) is 2.58. The highest BCUT2D eigenvalue weighted by Crippen LogP contribution is 2.39. The van der Waals surface area contributed by atoms with Crippen LogP contribution in [0.25, 0.3) is 10.8 Å². The smallest absolute Gasteiger partial charge is 0.429 e. The molecule has 0 amide bonds. The van der Waals surface area contributed by atoms with E-state index in [1.807, 2.05) is 0 Å². The minimum atomic E-state index is -4.97. The largest absolute Gasteiger partial charge is 0.458 e. The van der Waals surface area contributed by atoms with Crippen LogP contribution < -0.4 is 4.74 Å². The van der Waals surface area contributed by atoms with Crippen molar-refractivity contribution in [1.82, 2.24) is 0 Å². The van der Waals surface area contributed by atoms with Gasteiger partial charge in [-0.25, -0.2) is 13.2 Å². The van der Waals surface area contributed by atoms with E-state index in [-0.39, 0.29) is 10.8 Å². The van der Waals surface area contributed by atoms with Gasteiger partial charge in [0.25, 0.3) is 0 Å².